The van der Waals surface area contributed by atoms with Crippen molar-refractivity contribution in [3.63, 3.8) is 0 Å². The number of hydrogen-bond acceptors (Lipinski definition) is 0. The average Bonchev–Trinajstić information content (AvgIpc) is 2.80. The molecule has 0 nitrogen and oxygen atoms in total. The van der Waals surface area contributed by atoms with Crippen LogP contribution in [0.15, 0.2) is 41.0 Å². The molecule has 0 N–H and O–H groups in total. The van der Waals surface area contributed by atoms with Gasteiger partial charge in [-0.3, -0.25) is 0 Å². The molecule has 0 spiro atoms. The molecule has 0 aliphatic heterocycles. The molecule has 26 heavy (non-hydrogen) atoms. The number of rotatable bonds is 2. The number of hydrogen-bond donors (Lipinski definition) is 0. The Morgan fingerprint density at radius 3 is 1.92 bits per heavy atom. The summed E-state index contributed by atoms with van der Waals surface area (Å²) in [5.41, 5.74) is 12.8. The Kier molecular flexibility index (Phi) is 5.12. The van der Waals surface area contributed by atoms with Crippen molar-refractivity contribution in [2.24, 2.45) is 5.92 Å². The van der Waals surface area contributed by atoms with Gasteiger partial charge in [0.1, 0.15) is 0 Å². The summed E-state index contributed by atoms with van der Waals surface area (Å²) in [4.78, 5) is 0. The topological polar surface area (TPSA) is 0 Å². The highest BCUT2D eigenvalue weighted by Gasteiger charge is 2.29. The molecule has 3 rings (SSSR count). The highest BCUT2D eigenvalue weighted by atomic mass is 35.5. The van der Waals surface area contributed by atoms with Crippen molar-refractivity contribution in [1.29, 1.82) is 0 Å². The van der Waals surface area contributed by atoms with Gasteiger partial charge in [0.2, 0.25) is 0 Å². The third-order valence-electron chi connectivity index (χ3n) is 6.35. The fraction of sp³-hybridized carbons (Fsp3) is 0.333. The molecule has 1 aliphatic rings. The van der Waals surface area contributed by atoms with Gasteiger partial charge >= 0.3 is 0 Å². The first-order chi connectivity index (χ1) is 12.2. The van der Waals surface area contributed by atoms with Gasteiger partial charge in [-0.1, -0.05) is 53.9 Å². The van der Waals surface area contributed by atoms with Gasteiger partial charge in [-0.2, -0.15) is 0 Å². The van der Waals surface area contributed by atoms with Crippen LogP contribution in [-0.2, 0) is 0 Å². The first kappa shape index (κ1) is 19.3. The molecule has 1 unspecified atom stereocenters. The molecule has 0 heterocycles. The molecule has 0 saturated carbocycles. The Bertz CT molecular complexity index is 974. The highest BCUT2D eigenvalue weighted by Crippen LogP contribution is 2.49. The van der Waals surface area contributed by atoms with Gasteiger partial charge in [0.15, 0.2) is 0 Å². The lowest BCUT2D eigenvalue weighted by atomic mass is 9.84. The van der Waals surface area contributed by atoms with Crippen LogP contribution in [-0.4, -0.2) is 0 Å². The summed E-state index contributed by atoms with van der Waals surface area (Å²) in [6.45, 7) is 15.4. The lowest BCUT2D eigenvalue weighted by Gasteiger charge is -2.21. The molecular weight excluding hydrogens is 359 g/mol. The van der Waals surface area contributed by atoms with Crippen molar-refractivity contribution in [3.8, 4) is 11.1 Å². The minimum atomic E-state index is 0.344. The molecule has 1 atom stereocenters. The summed E-state index contributed by atoms with van der Waals surface area (Å²) in [5, 5.41) is 1.27. The maximum absolute atomic E-state index is 6.79. The van der Waals surface area contributed by atoms with E-state index in [0.717, 1.165) is 5.56 Å². The van der Waals surface area contributed by atoms with E-state index in [4.69, 9.17) is 23.2 Å². The first-order valence-electron chi connectivity index (χ1n) is 9.10. The number of allylic oxidation sites excluding steroid dienone is 4. The van der Waals surface area contributed by atoms with Crippen molar-refractivity contribution in [1.82, 2.24) is 0 Å². The van der Waals surface area contributed by atoms with E-state index in [2.05, 4.69) is 66.7 Å². The summed E-state index contributed by atoms with van der Waals surface area (Å²) in [7, 11) is 0. The Morgan fingerprint density at radius 2 is 1.35 bits per heavy atom. The molecule has 0 amide bonds. The molecule has 0 aromatic heterocycles. The summed E-state index contributed by atoms with van der Waals surface area (Å²) < 4.78 is 0. The van der Waals surface area contributed by atoms with Crippen molar-refractivity contribution in [2.75, 3.05) is 0 Å². The zero-order chi connectivity index (χ0) is 19.3. The van der Waals surface area contributed by atoms with Gasteiger partial charge in [0, 0.05) is 11.5 Å². The van der Waals surface area contributed by atoms with Crippen molar-refractivity contribution < 1.29 is 0 Å². The van der Waals surface area contributed by atoms with Crippen LogP contribution in [0.5, 0.6) is 0 Å². The van der Waals surface area contributed by atoms with Crippen LogP contribution < -0.4 is 0 Å². The second kappa shape index (κ2) is 6.91. The second-order valence-corrected chi connectivity index (χ2v) is 8.32. The third kappa shape index (κ3) is 2.84. The molecule has 0 saturated heterocycles. The summed E-state index contributed by atoms with van der Waals surface area (Å²) >= 11 is 13.2. The summed E-state index contributed by atoms with van der Waals surface area (Å²) in [6.07, 6.45) is 0. The lowest BCUT2D eigenvalue weighted by molar-refractivity contribution is 0.895. The highest BCUT2D eigenvalue weighted by molar-refractivity contribution is 6.43. The van der Waals surface area contributed by atoms with E-state index in [1.54, 1.807) is 0 Å². The summed E-state index contributed by atoms with van der Waals surface area (Å²) in [6, 6.07) is 8.44. The van der Waals surface area contributed by atoms with Crippen LogP contribution in [0, 0.1) is 26.7 Å². The molecule has 0 bridgehead atoms. The van der Waals surface area contributed by atoms with Crippen LogP contribution in [0.3, 0.4) is 0 Å². The zero-order valence-corrected chi connectivity index (χ0v) is 18.2. The molecule has 0 radical (unpaired) electrons. The van der Waals surface area contributed by atoms with Crippen molar-refractivity contribution in [2.45, 2.75) is 48.5 Å². The smallest absolute Gasteiger partial charge is 0.0673 e. The van der Waals surface area contributed by atoms with Crippen LogP contribution in [0.25, 0.3) is 16.7 Å². The quantitative estimate of drug-likeness (QED) is 0.487. The van der Waals surface area contributed by atoms with E-state index in [1.165, 1.54) is 50.1 Å². The fourth-order valence-corrected chi connectivity index (χ4v) is 4.48. The normalized spacial score (nSPS) is 17.5. The zero-order valence-electron chi connectivity index (χ0n) is 16.6. The SMILES string of the molecule is CC1=C(C)C(C)C(c2c(-c3ccc(C)c(C)c3C)ccc(Cl)c2Cl)=C1C. The average molecular weight is 385 g/mol. The van der Waals surface area contributed by atoms with Gasteiger partial charge in [-0.25, -0.2) is 0 Å². The molecular formula is C24H26Cl2. The van der Waals surface area contributed by atoms with Crippen molar-refractivity contribution >= 4 is 28.8 Å². The maximum Gasteiger partial charge on any atom is 0.0673 e. The predicted octanol–water partition coefficient (Wildman–Crippen LogP) is 8.35. The van der Waals surface area contributed by atoms with E-state index >= 15 is 0 Å². The minimum absolute atomic E-state index is 0.344. The van der Waals surface area contributed by atoms with E-state index in [9.17, 15) is 0 Å². The molecule has 2 heteroatoms. The molecule has 2 aromatic carbocycles. The summed E-state index contributed by atoms with van der Waals surface area (Å²) in [5.74, 6) is 0.344. The van der Waals surface area contributed by atoms with E-state index in [-0.39, 0.29) is 0 Å². The van der Waals surface area contributed by atoms with Crippen molar-refractivity contribution in [3.05, 3.63) is 73.3 Å². The van der Waals surface area contributed by atoms with Gasteiger partial charge < -0.3 is 0 Å². The van der Waals surface area contributed by atoms with Crippen LogP contribution in [0.1, 0.15) is 49.9 Å². The van der Waals surface area contributed by atoms with Gasteiger partial charge in [-0.15, -0.1) is 0 Å². The van der Waals surface area contributed by atoms with Gasteiger partial charge in [-0.05, 0) is 92.1 Å². The van der Waals surface area contributed by atoms with E-state index in [1.807, 2.05) is 6.07 Å². The monoisotopic (exact) mass is 384 g/mol. The minimum Gasteiger partial charge on any atom is -0.0827 e. The molecule has 2 aromatic rings. The van der Waals surface area contributed by atoms with Gasteiger partial charge in [0.05, 0.1) is 10.0 Å². The van der Waals surface area contributed by atoms with Gasteiger partial charge in [0.25, 0.3) is 0 Å². The first-order valence-corrected chi connectivity index (χ1v) is 9.86. The Hall–Kier alpha value is -1.50. The van der Waals surface area contributed by atoms with E-state index in [0.29, 0.717) is 16.0 Å². The second-order valence-electron chi connectivity index (χ2n) is 7.53. The fourth-order valence-electron chi connectivity index (χ4n) is 4.05. The van der Waals surface area contributed by atoms with Crippen LogP contribution in [0.2, 0.25) is 10.0 Å². The molecule has 1 aliphatic carbocycles. The number of aryl methyl sites for hydroxylation is 1. The van der Waals surface area contributed by atoms with Crippen LogP contribution >= 0.6 is 23.2 Å². The standard InChI is InChI=1S/C24H26Cl2/c1-12-8-9-19(16(5)13(12)2)20-10-11-21(25)24(26)23(20)22-17(6)14(3)15(4)18(22)7/h8-11,17H,1-7H3. The molecule has 136 valence electrons. The van der Waals surface area contributed by atoms with E-state index < -0.39 is 0 Å². The number of halogens is 2. The van der Waals surface area contributed by atoms with Crippen LogP contribution in [0.4, 0.5) is 0 Å². The Labute approximate surface area is 167 Å². The predicted molar refractivity (Wildman–Crippen MR) is 116 cm³/mol. The number of benzene rings is 2. The third-order valence-corrected chi connectivity index (χ3v) is 7.16. The largest absolute Gasteiger partial charge is 0.0827 e. The molecule has 0 fully saturated rings. The lowest BCUT2D eigenvalue weighted by Crippen LogP contribution is -2.02. The Balaban J connectivity index is 2.36. The Morgan fingerprint density at radius 1 is 0.731 bits per heavy atom. The maximum atomic E-state index is 6.79.